The smallest absolute Gasteiger partial charge is 0.327 e. The molecule has 0 aliphatic heterocycles. The number of hydrogen-bond acceptors (Lipinski definition) is 4. The zero-order valence-corrected chi connectivity index (χ0v) is 14.6. The Bertz CT molecular complexity index is 860. The van der Waals surface area contributed by atoms with Gasteiger partial charge in [-0.3, -0.25) is 0 Å². The number of nitrogens with two attached hydrogens (primary N) is 1. The van der Waals surface area contributed by atoms with Crippen LogP contribution in [0, 0.1) is 0 Å². The van der Waals surface area contributed by atoms with Crippen molar-refractivity contribution in [1.82, 2.24) is 0 Å². The SMILES string of the molecule is COc1cccc(-c2ccc([C@H](N)C(=O)OCc3ccccc3)cc2)c1. The molecule has 2 N–H and O–H groups in total. The van der Waals surface area contributed by atoms with Gasteiger partial charge < -0.3 is 15.2 Å². The van der Waals surface area contributed by atoms with Crippen LogP contribution < -0.4 is 10.5 Å². The first-order valence-electron chi connectivity index (χ1n) is 8.38. The normalized spacial score (nSPS) is 11.6. The van der Waals surface area contributed by atoms with E-state index in [9.17, 15) is 4.79 Å². The average Bonchev–Trinajstić information content (AvgIpc) is 2.72. The molecule has 4 nitrogen and oxygen atoms in total. The summed E-state index contributed by atoms with van der Waals surface area (Å²) in [6.45, 7) is 0.218. The van der Waals surface area contributed by atoms with Crippen LogP contribution in [0.5, 0.6) is 5.75 Å². The minimum Gasteiger partial charge on any atom is -0.497 e. The van der Waals surface area contributed by atoms with Gasteiger partial charge in [-0.05, 0) is 34.4 Å². The molecule has 1 atom stereocenters. The molecule has 0 unspecified atom stereocenters. The molecule has 0 aromatic heterocycles. The molecule has 0 heterocycles. The van der Waals surface area contributed by atoms with Crippen molar-refractivity contribution < 1.29 is 14.3 Å². The minimum atomic E-state index is -0.807. The highest BCUT2D eigenvalue weighted by Crippen LogP contribution is 2.25. The number of rotatable bonds is 6. The lowest BCUT2D eigenvalue weighted by atomic mass is 10.0. The third-order valence-electron chi connectivity index (χ3n) is 4.15. The summed E-state index contributed by atoms with van der Waals surface area (Å²) in [6.07, 6.45) is 0. The van der Waals surface area contributed by atoms with Gasteiger partial charge in [0.15, 0.2) is 0 Å². The summed E-state index contributed by atoms with van der Waals surface area (Å²) in [5.74, 6) is 0.357. The van der Waals surface area contributed by atoms with E-state index in [4.69, 9.17) is 15.2 Å². The molecule has 0 spiro atoms. The van der Waals surface area contributed by atoms with Crippen LogP contribution in [0.1, 0.15) is 17.2 Å². The van der Waals surface area contributed by atoms with E-state index < -0.39 is 12.0 Å². The summed E-state index contributed by atoms with van der Waals surface area (Å²) in [7, 11) is 1.64. The Labute approximate surface area is 153 Å². The first-order valence-corrected chi connectivity index (χ1v) is 8.38. The van der Waals surface area contributed by atoms with Crippen LogP contribution in [-0.2, 0) is 16.1 Å². The second-order valence-corrected chi connectivity index (χ2v) is 5.92. The Hall–Kier alpha value is -3.11. The fourth-order valence-electron chi connectivity index (χ4n) is 2.64. The molecule has 4 heteroatoms. The van der Waals surface area contributed by atoms with Gasteiger partial charge in [0.2, 0.25) is 0 Å². The van der Waals surface area contributed by atoms with Crippen molar-refractivity contribution in [2.24, 2.45) is 5.73 Å². The van der Waals surface area contributed by atoms with E-state index in [2.05, 4.69) is 0 Å². The van der Waals surface area contributed by atoms with Crippen molar-refractivity contribution in [3.05, 3.63) is 90.0 Å². The number of methoxy groups -OCH3 is 1. The molecule has 0 saturated carbocycles. The standard InChI is InChI=1S/C22H21NO3/c1-25-20-9-5-8-19(14-20)17-10-12-18(13-11-17)21(23)22(24)26-15-16-6-3-2-4-7-16/h2-14,21H,15,23H2,1H3/t21-/m0/s1. The average molecular weight is 347 g/mol. The Balaban J connectivity index is 1.66. The zero-order chi connectivity index (χ0) is 18.4. The van der Waals surface area contributed by atoms with Crippen LogP contribution >= 0.6 is 0 Å². The fraction of sp³-hybridized carbons (Fsp3) is 0.136. The predicted molar refractivity (Wildman–Crippen MR) is 102 cm³/mol. The molecule has 0 fully saturated rings. The maximum absolute atomic E-state index is 12.2. The maximum Gasteiger partial charge on any atom is 0.327 e. The van der Waals surface area contributed by atoms with Gasteiger partial charge in [-0.25, -0.2) is 4.79 Å². The van der Waals surface area contributed by atoms with Crippen LogP contribution in [0.4, 0.5) is 0 Å². The third kappa shape index (κ3) is 4.29. The van der Waals surface area contributed by atoms with Gasteiger partial charge >= 0.3 is 5.97 Å². The number of hydrogen-bond donors (Lipinski definition) is 1. The third-order valence-corrected chi connectivity index (χ3v) is 4.15. The van der Waals surface area contributed by atoms with Gasteiger partial charge in [-0.15, -0.1) is 0 Å². The largest absolute Gasteiger partial charge is 0.497 e. The lowest BCUT2D eigenvalue weighted by molar-refractivity contribution is -0.146. The zero-order valence-electron chi connectivity index (χ0n) is 14.6. The summed E-state index contributed by atoms with van der Waals surface area (Å²) < 4.78 is 10.6. The highest BCUT2D eigenvalue weighted by Gasteiger charge is 2.17. The lowest BCUT2D eigenvalue weighted by Gasteiger charge is -2.13. The van der Waals surface area contributed by atoms with Gasteiger partial charge in [0, 0.05) is 0 Å². The predicted octanol–water partition coefficient (Wildman–Crippen LogP) is 4.11. The van der Waals surface area contributed by atoms with Gasteiger partial charge in [-0.2, -0.15) is 0 Å². The van der Waals surface area contributed by atoms with E-state index in [-0.39, 0.29) is 6.61 Å². The van der Waals surface area contributed by atoms with Gasteiger partial charge in [0.05, 0.1) is 7.11 Å². The Morgan fingerprint density at radius 1 is 0.923 bits per heavy atom. The molecule has 0 aliphatic rings. The Kier molecular flexibility index (Phi) is 5.66. The van der Waals surface area contributed by atoms with Gasteiger partial charge in [-0.1, -0.05) is 66.7 Å². The topological polar surface area (TPSA) is 61.5 Å². The molecule has 26 heavy (non-hydrogen) atoms. The van der Waals surface area contributed by atoms with Crippen molar-refractivity contribution in [2.75, 3.05) is 7.11 Å². The number of benzene rings is 3. The minimum absolute atomic E-state index is 0.218. The lowest BCUT2D eigenvalue weighted by Crippen LogP contribution is -2.23. The van der Waals surface area contributed by atoms with Crippen LogP contribution in [0.2, 0.25) is 0 Å². The molecule has 3 aromatic rings. The van der Waals surface area contributed by atoms with Crippen LogP contribution in [0.3, 0.4) is 0 Å². The van der Waals surface area contributed by atoms with E-state index in [1.807, 2.05) is 78.9 Å². The maximum atomic E-state index is 12.2. The fourth-order valence-corrected chi connectivity index (χ4v) is 2.64. The summed E-state index contributed by atoms with van der Waals surface area (Å²) >= 11 is 0. The van der Waals surface area contributed by atoms with Crippen molar-refractivity contribution in [3.63, 3.8) is 0 Å². The molecule has 3 rings (SSSR count). The molecule has 0 amide bonds. The van der Waals surface area contributed by atoms with Gasteiger partial charge in [0.25, 0.3) is 0 Å². The molecule has 0 saturated heterocycles. The second kappa shape index (κ2) is 8.32. The van der Waals surface area contributed by atoms with E-state index in [0.29, 0.717) is 0 Å². The van der Waals surface area contributed by atoms with E-state index >= 15 is 0 Å². The van der Waals surface area contributed by atoms with Gasteiger partial charge in [0.1, 0.15) is 18.4 Å². The summed E-state index contributed by atoms with van der Waals surface area (Å²) in [5.41, 5.74) is 9.76. The Morgan fingerprint density at radius 2 is 1.65 bits per heavy atom. The van der Waals surface area contributed by atoms with E-state index in [0.717, 1.165) is 28.0 Å². The molecule has 0 aliphatic carbocycles. The van der Waals surface area contributed by atoms with E-state index in [1.165, 1.54) is 0 Å². The highest BCUT2D eigenvalue weighted by atomic mass is 16.5. The monoisotopic (exact) mass is 347 g/mol. The number of carbonyl (C=O) groups is 1. The van der Waals surface area contributed by atoms with Crippen molar-refractivity contribution in [1.29, 1.82) is 0 Å². The highest BCUT2D eigenvalue weighted by molar-refractivity contribution is 5.78. The van der Waals surface area contributed by atoms with Crippen LogP contribution in [0.25, 0.3) is 11.1 Å². The molecule has 3 aromatic carbocycles. The molecular formula is C22H21NO3. The summed E-state index contributed by atoms with van der Waals surface area (Å²) in [5, 5.41) is 0. The molecule has 0 bridgehead atoms. The van der Waals surface area contributed by atoms with Crippen molar-refractivity contribution >= 4 is 5.97 Å². The van der Waals surface area contributed by atoms with Crippen molar-refractivity contribution in [3.8, 4) is 16.9 Å². The molecule has 132 valence electrons. The van der Waals surface area contributed by atoms with E-state index in [1.54, 1.807) is 7.11 Å². The number of ether oxygens (including phenoxy) is 2. The summed E-state index contributed by atoms with van der Waals surface area (Å²) in [4.78, 5) is 12.2. The van der Waals surface area contributed by atoms with Crippen LogP contribution in [-0.4, -0.2) is 13.1 Å². The quantitative estimate of drug-likeness (QED) is 0.682. The summed E-state index contributed by atoms with van der Waals surface area (Å²) in [6, 6.07) is 24.1. The molecule has 0 radical (unpaired) electrons. The Morgan fingerprint density at radius 3 is 2.35 bits per heavy atom. The first kappa shape index (κ1) is 17.7. The van der Waals surface area contributed by atoms with Crippen LogP contribution in [0.15, 0.2) is 78.9 Å². The molecular weight excluding hydrogens is 326 g/mol. The van der Waals surface area contributed by atoms with Crippen molar-refractivity contribution in [2.45, 2.75) is 12.6 Å². The number of esters is 1. The number of carbonyl (C=O) groups excluding carboxylic acids is 1. The second-order valence-electron chi connectivity index (χ2n) is 5.92. The first-order chi connectivity index (χ1) is 12.7.